The maximum atomic E-state index is 13.2. The molecule has 2 aromatic heterocycles. The van der Waals surface area contributed by atoms with E-state index in [-0.39, 0.29) is 17.3 Å². The number of aromatic nitrogens is 3. The highest BCUT2D eigenvalue weighted by molar-refractivity contribution is 7.89. The van der Waals surface area contributed by atoms with E-state index < -0.39 is 10.0 Å². The Bertz CT molecular complexity index is 940. The zero-order valence-electron chi connectivity index (χ0n) is 12.8. The number of aryl methyl sites for hydroxylation is 2. The molecule has 6 nitrogen and oxygen atoms in total. The minimum atomic E-state index is -3.61. The van der Waals surface area contributed by atoms with E-state index in [0.717, 1.165) is 10.9 Å². The minimum Gasteiger partial charge on any atom is -0.361 e. The molecule has 0 spiro atoms. The molecule has 0 bridgehead atoms. The minimum absolute atomic E-state index is 0.193. The lowest BCUT2D eigenvalue weighted by molar-refractivity contribution is 0.580. The molecule has 3 aromatic rings. The molecule has 23 heavy (non-hydrogen) atoms. The molecule has 122 valence electrons. The molecule has 0 saturated heterocycles. The first-order valence-electron chi connectivity index (χ1n) is 7.15. The molecule has 0 saturated carbocycles. The van der Waals surface area contributed by atoms with E-state index >= 15 is 0 Å². The van der Waals surface area contributed by atoms with Crippen molar-refractivity contribution in [2.45, 2.75) is 25.2 Å². The van der Waals surface area contributed by atoms with Crippen LogP contribution in [0.3, 0.4) is 0 Å². The molecule has 0 fully saturated rings. The summed E-state index contributed by atoms with van der Waals surface area (Å²) in [5.41, 5.74) is 2.59. The Morgan fingerprint density at radius 1 is 1.30 bits per heavy atom. The van der Waals surface area contributed by atoms with Gasteiger partial charge in [0, 0.05) is 23.6 Å². The highest BCUT2D eigenvalue weighted by atomic mass is 32.2. The monoisotopic (exact) mass is 336 g/mol. The summed E-state index contributed by atoms with van der Waals surface area (Å²) in [5, 5.41) is 7.46. The second-order valence-electron chi connectivity index (χ2n) is 5.41. The SMILES string of the molecule is Cc1n[nH]c(C)c1S(=O)(=O)NCCc1c[nH]c2cc(F)ccc12. The molecule has 0 aliphatic rings. The summed E-state index contributed by atoms with van der Waals surface area (Å²) in [7, 11) is -3.61. The van der Waals surface area contributed by atoms with Gasteiger partial charge in [0.05, 0.1) is 11.4 Å². The summed E-state index contributed by atoms with van der Waals surface area (Å²) in [6, 6.07) is 4.50. The first kappa shape index (κ1) is 15.7. The van der Waals surface area contributed by atoms with E-state index in [1.165, 1.54) is 12.1 Å². The van der Waals surface area contributed by atoms with Crippen LogP contribution in [0.5, 0.6) is 0 Å². The van der Waals surface area contributed by atoms with Gasteiger partial charge in [0.25, 0.3) is 0 Å². The third kappa shape index (κ3) is 2.99. The number of fused-ring (bicyclic) bond motifs is 1. The van der Waals surface area contributed by atoms with Gasteiger partial charge in [-0.05, 0) is 44.0 Å². The average Bonchev–Trinajstić information content (AvgIpc) is 3.02. The van der Waals surface area contributed by atoms with Crippen molar-refractivity contribution < 1.29 is 12.8 Å². The number of halogens is 1. The Labute approximate surface area is 133 Å². The molecule has 1 aromatic carbocycles. The largest absolute Gasteiger partial charge is 0.361 e. The maximum absolute atomic E-state index is 13.2. The molecule has 8 heteroatoms. The lowest BCUT2D eigenvalue weighted by atomic mass is 10.1. The molecule has 0 aliphatic heterocycles. The van der Waals surface area contributed by atoms with Crippen LogP contribution in [0.15, 0.2) is 29.3 Å². The van der Waals surface area contributed by atoms with Crippen LogP contribution in [0.25, 0.3) is 10.9 Å². The number of benzene rings is 1. The fourth-order valence-electron chi connectivity index (χ4n) is 2.69. The van der Waals surface area contributed by atoms with E-state index in [1.807, 2.05) is 0 Å². The van der Waals surface area contributed by atoms with Crippen LogP contribution in [0.4, 0.5) is 4.39 Å². The summed E-state index contributed by atoms with van der Waals surface area (Å²) in [4.78, 5) is 3.18. The van der Waals surface area contributed by atoms with Crippen molar-refractivity contribution in [1.29, 1.82) is 0 Å². The van der Waals surface area contributed by atoms with Gasteiger partial charge in [-0.3, -0.25) is 5.10 Å². The predicted molar refractivity (Wildman–Crippen MR) is 85.2 cm³/mol. The van der Waals surface area contributed by atoms with Crippen molar-refractivity contribution in [2.75, 3.05) is 6.54 Å². The van der Waals surface area contributed by atoms with Crippen molar-refractivity contribution >= 4 is 20.9 Å². The van der Waals surface area contributed by atoms with Crippen molar-refractivity contribution in [2.24, 2.45) is 0 Å². The number of sulfonamides is 1. The summed E-state index contributed by atoms with van der Waals surface area (Å²) >= 11 is 0. The Balaban J connectivity index is 1.74. The van der Waals surface area contributed by atoms with Crippen LogP contribution < -0.4 is 4.72 Å². The third-order valence-electron chi connectivity index (χ3n) is 3.75. The number of nitrogens with one attached hydrogen (secondary N) is 3. The van der Waals surface area contributed by atoms with Gasteiger partial charge >= 0.3 is 0 Å². The zero-order valence-corrected chi connectivity index (χ0v) is 13.6. The van der Waals surface area contributed by atoms with E-state index in [1.54, 1.807) is 26.1 Å². The van der Waals surface area contributed by atoms with Crippen molar-refractivity contribution in [3.05, 3.63) is 47.2 Å². The maximum Gasteiger partial charge on any atom is 0.244 e. The van der Waals surface area contributed by atoms with Crippen LogP contribution >= 0.6 is 0 Å². The van der Waals surface area contributed by atoms with Crippen LogP contribution in [0.1, 0.15) is 17.0 Å². The lowest BCUT2D eigenvalue weighted by Crippen LogP contribution is -2.26. The van der Waals surface area contributed by atoms with Gasteiger partial charge in [0.1, 0.15) is 10.7 Å². The molecule has 0 aliphatic carbocycles. The number of hydrogen-bond donors (Lipinski definition) is 3. The molecule has 0 amide bonds. The summed E-state index contributed by atoms with van der Waals surface area (Å²) in [5.74, 6) is -0.308. The van der Waals surface area contributed by atoms with Crippen molar-refractivity contribution in [3.8, 4) is 0 Å². The zero-order chi connectivity index (χ0) is 16.6. The predicted octanol–water partition coefficient (Wildman–Crippen LogP) is 2.17. The van der Waals surface area contributed by atoms with Gasteiger partial charge in [-0.15, -0.1) is 0 Å². The van der Waals surface area contributed by atoms with Crippen LogP contribution in [0.2, 0.25) is 0 Å². The Kier molecular flexibility index (Phi) is 3.95. The normalized spacial score (nSPS) is 12.1. The second-order valence-corrected chi connectivity index (χ2v) is 7.12. The van der Waals surface area contributed by atoms with Gasteiger partial charge in [0.2, 0.25) is 10.0 Å². The van der Waals surface area contributed by atoms with E-state index in [9.17, 15) is 12.8 Å². The average molecular weight is 336 g/mol. The molecule has 0 radical (unpaired) electrons. The first-order chi connectivity index (χ1) is 10.9. The fourth-order valence-corrected chi connectivity index (χ4v) is 4.09. The highest BCUT2D eigenvalue weighted by Gasteiger charge is 2.21. The molecule has 2 heterocycles. The Morgan fingerprint density at radius 3 is 2.78 bits per heavy atom. The second kappa shape index (κ2) is 5.78. The van der Waals surface area contributed by atoms with E-state index in [4.69, 9.17) is 0 Å². The van der Waals surface area contributed by atoms with Crippen molar-refractivity contribution in [1.82, 2.24) is 19.9 Å². The fraction of sp³-hybridized carbons (Fsp3) is 0.267. The highest BCUT2D eigenvalue weighted by Crippen LogP contribution is 2.20. The number of H-pyrrole nitrogens is 2. The topological polar surface area (TPSA) is 90.6 Å². The number of aromatic amines is 2. The van der Waals surface area contributed by atoms with Crippen LogP contribution in [-0.4, -0.2) is 30.1 Å². The summed E-state index contributed by atoms with van der Waals surface area (Å²) in [6.45, 7) is 3.56. The van der Waals surface area contributed by atoms with Crippen LogP contribution in [0, 0.1) is 19.7 Å². The summed E-state index contributed by atoms with van der Waals surface area (Å²) in [6.07, 6.45) is 2.27. The van der Waals surface area contributed by atoms with Gasteiger partial charge in [-0.25, -0.2) is 17.5 Å². The number of hydrogen-bond acceptors (Lipinski definition) is 3. The quantitative estimate of drug-likeness (QED) is 0.667. The van der Waals surface area contributed by atoms with Gasteiger partial charge in [-0.1, -0.05) is 0 Å². The molecular weight excluding hydrogens is 319 g/mol. The van der Waals surface area contributed by atoms with Gasteiger partial charge < -0.3 is 4.98 Å². The Hall–Kier alpha value is -2.19. The third-order valence-corrected chi connectivity index (χ3v) is 5.47. The van der Waals surface area contributed by atoms with Gasteiger partial charge in [-0.2, -0.15) is 5.10 Å². The smallest absolute Gasteiger partial charge is 0.244 e. The van der Waals surface area contributed by atoms with E-state index in [2.05, 4.69) is 19.9 Å². The van der Waals surface area contributed by atoms with Crippen molar-refractivity contribution in [3.63, 3.8) is 0 Å². The summed E-state index contributed by atoms with van der Waals surface area (Å²) < 4.78 is 40.4. The molecule has 3 N–H and O–H groups in total. The van der Waals surface area contributed by atoms with Gasteiger partial charge in [0.15, 0.2) is 0 Å². The number of nitrogens with zero attached hydrogens (tertiary/aromatic N) is 1. The molecule has 0 atom stereocenters. The first-order valence-corrected chi connectivity index (χ1v) is 8.63. The molecular formula is C15H17FN4O2S. The molecule has 0 unspecified atom stereocenters. The standard InChI is InChI=1S/C15H17FN4O2S/c1-9-15(10(2)20-19-9)23(21,22)18-6-5-11-8-17-14-7-12(16)3-4-13(11)14/h3-4,7-8,17-18H,5-6H2,1-2H3,(H,19,20). The lowest BCUT2D eigenvalue weighted by Gasteiger charge is -2.06. The molecule has 3 rings (SSSR count). The Morgan fingerprint density at radius 2 is 2.09 bits per heavy atom. The van der Waals surface area contributed by atoms with Crippen LogP contribution in [-0.2, 0) is 16.4 Å². The number of rotatable bonds is 5. The van der Waals surface area contributed by atoms with E-state index in [0.29, 0.717) is 23.3 Å².